The molecule has 0 aromatic carbocycles. The summed E-state index contributed by atoms with van der Waals surface area (Å²) >= 11 is 1.74. The first-order valence-electron chi connectivity index (χ1n) is 4.89. The van der Waals surface area contributed by atoms with E-state index in [2.05, 4.69) is 0 Å². The number of rotatable bonds is 1. The molecule has 0 aromatic rings. The van der Waals surface area contributed by atoms with E-state index in [9.17, 15) is 9.00 Å². The van der Waals surface area contributed by atoms with Crippen molar-refractivity contribution < 1.29 is 14.1 Å². The van der Waals surface area contributed by atoms with Gasteiger partial charge in [0.15, 0.2) is 0 Å². The Morgan fingerprint density at radius 3 is 2.93 bits per heavy atom. The Balaban J connectivity index is 2.10. The lowest BCUT2D eigenvalue weighted by molar-refractivity contribution is -0.141. The molecule has 0 radical (unpaired) electrons. The van der Waals surface area contributed by atoms with Crippen molar-refractivity contribution in [3.63, 3.8) is 0 Å². The van der Waals surface area contributed by atoms with Crippen LogP contribution in [0.4, 0.5) is 0 Å². The molecule has 1 heterocycles. The molecular weight excluding hydrogens is 220 g/mol. The first-order valence-corrected chi connectivity index (χ1v) is 7.20. The standard InChI is InChI=1S/C9H14O3S2/c10-8(11)7-2-3-9(6-7)13-4-1-5-14(9)12/h7H,1-6H2,(H,10,11)/t7-,9+,14+/m1/s1. The smallest absolute Gasteiger partial charge is 0.306 e. The molecule has 2 fully saturated rings. The van der Waals surface area contributed by atoms with Crippen molar-refractivity contribution >= 4 is 28.5 Å². The second-order valence-corrected chi connectivity index (χ2v) is 7.56. The SMILES string of the molecule is O=C(O)[C@@H]1CC[C@]2(C1)SCCC[S@@]2=O. The molecule has 0 amide bonds. The Labute approximate surface area is 90.1 Å². The molecular formula is C9H14O3S2. The quantitative estimate of drug-likeness (QED) is 0.746. The predicted octanol–water partition coefficient (Wildman–Crippen LogP) is 1.45. The van der Waals surface area contributed by atoms with Crippen molar-refractivity contribution in [2.45, 2.75) is 29.8 Å². The average Bonchev–Trinajstić information content (AvgIpc) is 2.56. The Hall–Kier alpha value is -0.0300. The number of carboxylic acids is 1. The lowest BCUT2D eigenvalue weighted by Crippen LogP contribution is -2.34. The van der Waals surface area contributed by atoms with Crippen molar-refractivity contribution in [3.8, 4) is 0 Å². The fourth-order valence-corrected chi connectivity index (χ4v) is 6.18. The zero-order valence-electron chi connectivity index (χ0n) is 7.90. The maximum atomic E-state index is 11.9. The fraction of sp³-hybridized carbons (Fsp3) is 0.889. The molecule has 0 aromatic heterocycles. The summed E-state index contributed by atoms with van der Waals surface area (Å²) in [4.78, 5) is 10.8. The Morgan fingerprint density at radius 2 is 2.36 bits per heavy atom. The molecule has 2 aliphatic rings. The van der Waals surface area contributed by atoms with E-state index in [1.54, 1.807) is 11.8 Å². The van der Waals surface area contributed by atoms with Crippen LogP contribution >= 0.6 is 11.8 Å². The third-order valence-electron chi connectivity index (χ3n) is 3.03. The average molecular weight is 234 g/mol. The summed E-state index contributed by atoms with van der Waals surface area (Å²) in [7, 11) is -0.812. The number of carboxylic acid groups (broad SMARTS) is 1. The van der Waals surface area contributed by atoms with Gasteiger partial charge < -0.3 is 5.11 Å². The van der Waals surface area contributed by atoms with Crippen LogP contribution in [0.5, 0.6) is 0 Å². The number of carbonyl (C=O) groups is 1. The van der Waals surface area contributed by atoms with E-state index in [4.69, 9.17) is 5.11 Å². The monoisotopic (exact) mass is 234 g/mol. The highest BCUT2D eigenvalue weighted by molar-refractivity contribution is 8.13. The number of hydrogen-bond donors (Lipinski definition) is 1. The van der Waals surface area contributed by atoms with Crippen molar-refractivity contribution in [1.29, 1.82) is 0 Å². The molecule has 1 saturated carbocycles. The normalized spacial score (nSPS) is 42.9. The third-order valence-corrected chi connectivity index (χ3v) is 7.20. The highest BCUT2D eigenvalue weighted by Crippen LogP contribution is 2.49. The summed E-state index contributed by atoms with van der Waals surface area (Å²) in [6.45, 7) is 0. The van der Waals surface area contributed by atoms with E-state index >= 15 is 0 Å². The van der Waals surface area contributed by atoms with Crippen LogP contribution in [0.25, 0.3) is 0 Å². The zero-order valence-corrected chi connectivity index (χ0v) is 9.53. The minimum Gasteiger partial charge on any atom is -0.481 e. The lowest BCUT2D eigenvalue weighted by Gasteiger charge is -2.31. The lowest BCUT2D eigenvalue weighted by atomic mass is 10.1. The molecule has 1 saturated heterocycles. The summed E-state index contributed by atoms with van der Waals surface area (Å²) < 4.78 is 11.7. The van der Waals surface area contributed by atoms with E-state index in [-0.39, 0.29) is 10.00 Å². The molecule has 0 unspecified atom stereocenters. The Morgan fingerprint density at radius 1 is 1.57 bits per heavy atom. The molecule has 5 heteroatoms. The van der Waals surface area contributed by atoms with Gasteiger partial charge in [0, 0.05) is 16.6 Å². The molecule has 14 heavy (non-hydrogen) atoms. The summed E-state index contributed by atoms with van der Waals surface area (Å²) in [6, 6.07) is 0. The topological polar surface area (TPSA) is 54.4 Å². The Kier molecular flexibility index (Phi) is 2.88. The van der Waals surface area contributed by atoms with Gasteiger partial charge in [-0.25, -0.2) is 0 Å². The van der Waals surface area contributed by atoms with Crippen LogP contribution in [0.1, 0.15) is 25.7 Å². The summed E-state index contributed by atoms with van der Waals surface area (Å²) in [6.07, 6.45) is 3.14. The minimum atomic E-state index is -0.812. The molecule has 1 aliphatic carbocycles. The summed E-state index contributed by atoms with van der Waals surface area (Å²) in [5.74, 6) is 0.826. The number of thioether (sulfide) groups is 1. The van der Waals surface area contributed by atoms with Gasteiger partial charge in [-0.15, -0.1) is 11.8 Å². The van der Waals surface area contributed by atoms with Gasteiger partial charge in [0.25, 0.3) is 0 Å². The van der Waals surface area contributed by atoms with E-state index in [1.165, 1.54) is 0 Å². The van der Waals surface area contributed by atoms with Gasteiger partial charge in [-0.05, 0) is 31.4 Å². The minimum absolute atomic E-state index is 0.207. The van der Waals surface area contributed by atoms with Gasteiger partial charge in [-0.1, -0.05) is 0 Å². The van der Waals surface area contributed by atoms with Gasteiger partial charge >= 0.3 is 5.97 Å². The van der Waals surface area contributed by atoms with Crippen LogP contribution in [-0.2, 0) is 15.6 Å². The highest BCUT2D eigenvalue weighted by Gasteiger charge is 2.47. The van der Waals surface area contributed by atoms with Crippen molar-refractivity contribution in [2.75, 3.05) is 11.5 Å². The summed E-state index contributed by atoms with van der Waals surface area (Å²) in [5, 5.41) is 8.91. The first-order chi connectivity index (χ1) is 6.64. The molecule has 1 aliphatic heterocycles. The maximum Gasteiger partial charge on any atom is 0.306 e. The van der Waals surface area contributed by atoms with Crippen LogP contribution in [0.15, 0.2) is 0 Å². The van der Waals surface area contributed by atoms with Crippen molar-refractivity contribution in [3.05, 3.63) is 0 Å². The summed E-state index contributed by atoms with van der Waals surface area (Å²) in [5.41, 5.74) is 0. The number of hydrogen-bond acceptors (Lipinski definition) is 3. The van der Waals surface area contributed by atoms with Gasteiger partial charge in [-0.3, -0.25) is 9.00 Å². The number of aliphatic carboxylic acids is 1. The van der Waals surface area contributed by atoms with Crippen LogP contribution in [0.2, 0.25) is 0 Å². The van der Waals surface area contributed by atoms with Crippen LogP contribution in [0.3, 0.4) is 0 Å². The first kappa shape index (κ1) is 10.5. The highest BCUT2D eigenvalue weighted by atomic mass is 32.2. The Bertz CT molecular complexity index is 279. The van der Waals surface area contributed by atoms with Crippen LogP contribution < -0.4 is 0 Å². The molecule has 2 rings (SSSR count). The molecule has 1 spiro atoms. The van der Waals surface area contributed by atoms with Crippen LogP contribution in [0, 0.1) is 5.92 Å². The second-order valence-electron chi connectivity index (χ2n) is 3.94. The van der Waals surface area contributed by atoms with E-state index in [0.717, 1.165) is 24.3 Å². The second kappa shape index (κ2) is 3.85. The predicted molar refractivity (Wildman–Crippen MR) is 57.8 cm³/mol. The van der Waals surface area contributed by atoms with E-state index < -0.39 is 16.8 Å². The molecule has 3 atom stereocenters. The molecule has 1 N–H and O–H groups in total. The van der Waals surface area contributed by atoms with Gasteiger partial charge in [0.05, 0.1) is 10.00 Å². The third kappa shape index (κ3) is 1.72. The maximum absolute atomic E-state index is 11.9. The van der Waals surface area contributed by atoms with Crippen molar-refractivity contribution in [2.24, 2.45) is 5.92 Å². The van der Waals surface area contributed by atoms with Gasteiger partial charge in [0.2, 0.25) is 0 Å². The van der Waals surface area contributed by atoms with Crippen LogP contribution in [-0.4, -0.2) is 30.9 Å². The molecule has 3 nitrogen and oxygen atoms in total. The van der Waals surface area contributed by atoms with E-state index in [0.29, 0.717) is 12.8 Å². The zero-order chi connectivity index (χ0) is 10.2. The van der Waals surface area contributed by atoms with Gasteiger partial charge in [0.1, 0.15) is 0 Å². The van der Waals surface area contributed by atoms with Gasteiger partial charge in [-0.2, -0.15) is 0 Å². The van der Waals surface area contributed by atoms with E-state index in [1.807, 2.05) is 0 Å². The fourth-order valence-electron chi connectivity index (χ4n) is 2.22. The van der Waals surface area contributed by atoms with Crippen molar-refractivity contribution in [1.82, 2.24) is 0 Å². The molecule has 0 bridgehead atoms. The largest absolute Gasteiger partial charge is 0.481 e. The molecule has 80 valence electrons.